The largest absolute Gasteiger partial charge is 0.458 e. The molecule has 0 unspecified atom stereocenters. The van der Waals surface area contributed by atoms with Gasteiger partial charge in [0.05, 0.1) is 6.61 Å². The lowest BCUT2D eigenvalue weighted by Crippen LogP contribution is -2.52. The van der Waals surface area contributed by atoms with Gasteiger partial charge >= 0.3 is 17.2 Å². The Hall–Kier alpha value is -2.08. The standard InChI is InChI=1S/C12H11ClN2O4/c1-3-19-12(17)10-11(16)14-8-5-4-7(13)6-9(8)15(10)18-2/h4-6H,3H2,1-2H3/p+1. The van der Waals surface area contributed by atoms with Crippen LogP contribution in [0.15, 0.2) is 23.0 Å². The zero-order chi connectivity index (χ0) is 14.0. The summed E-state index contributed by atoms with van der Waals surface area (Å²) in [5.74, 6) is -0.757. The summed E-state index contributed by atoms with van der Waals surface area (Å²) in [6.07, 6.45) is 0. The van der Waals surface area contributed by atoms with Crippen LogP contribution >= 0.6 is 11.6 Å². The number of nitrogens with one attached hydrogen (secondary N) is 1. The highest BCUT2D eigenvalue weighted by Crippen LogP contribution is 2.13. The smallest absolute Gasteiger partial charge is 0.414 e. The number of ether oxygens (including phenoxy) is 1. The number of benzene rings is 1. The Balaban J connectivity index is 2.79. The van der Waals surface area contributed by atoms with E-state index in [1.807, 2.05) is 0 Å². The third kappa shape index (κ3) is 2.39. The Kier molecular flexibility index (Phi) is 3.71. The predicted molar refractivity (Wildman–Crippen MR) is 68.2 cm³/mol. The van der Waals surface area contributed by atoms with E-state index < -0.39 is 11.5 Å². The van der Waals surface area contributed by atoms with E-state index in [-0.39, 0.29) is 12.3 Å². The molecule has 0 spiro atoms. The lowest BCUT2D eigenvalue weighted by molar-refractivity contribution is -0.867. The molecule has 19 heavy (non-hydrogen) atoms. The second-order valence-corrected chi connectivity index (χ2v) is 4.10. The number of nitrogens with zero attached hydrogens (tertiary/aromatic N) is 1. The first-order valence-electron chi connectivity index (χ1n) is 5.57. The molecule has 1 heterocycles. The van der Waals surface area contributed by atoms with E-state index in [4.69, 9.17) is 21.2 Å². The van der Waals surface area contributed by atoms with E-state index >= 15 is 0 Å². The third-order valence-corrected chi connectivity index (χ3v) is 2.73. The van der Waals surface area contributed by atoms with E-state index in [2.05, 4.69) is 4.98 Å². The van der Waals surface area contributed by atoms with Gasteiger partial charge in [0.2, 0.25) is 0 Å². The van der Waals surface area contributed by atoms with Gasteiger partial charge in [0, 0.05) is 15.8 Å². The Morgan fingerprint density at radius 2 is 2.21 bits per heavy atom. The van der Waals surface area contributed by atoms with Gasteiger partial charge in [-0.2, -0.15) is 0 Å². The minimum atomic E-state index is -0.757. The lowest BCUT2D eigenvalue weighted by Gasteiger charge is -2.03. The molecule has 7 heteroatoms. The van der Waals surface area contributed by atoms with Crippen molar-refractivity contribution in [1.29, 1.82) is 0 Å². The van der Waals surface area contributed by atoms with Crippen LogP contribution in [0.3, 0.4) is 0 Å². The summed E-state index contributed by atoms with van der Waals surface area (Å²) in [6, 6.07) is 4.84. The first kappa shape index (κ1) is 13.4. The van der Waals surface area contributed by atoms with Gasteiger partial charge < -0.3 is 9.72 Å². The van der Waals surface area contributed by atoms with E-state index in [0.29, 0.717) is 16.1 Å². The first-order chi connectivity index (χ1) is 9.08. The minimum absolute atomic E-state index is 0.162. The highest BCUT2D eigenvalue weighted by atomic mass is 35.5. The molecule has 2 rings (SSSR count). The molecule has 0 amide bonds. The van der Waals surface area contributed by atoms with Gasteiger partial charge in [0.25, 0.3) is 5.52 Å². The van der Waals surface area contributed by atoms with Gasteiger partial charge in [-0.15, -0.1) is 0 Å². The number of rotatable bonds is 3. The molecule has 100 valence electrons. The maximum absolute atomic E-state index is 11.9. The Labute approximate surface area is 113 Å². The van der Waals surface area contributed by atoms with Gasteiger partial charge in [0.15, 0.2) is 0 Å². The Bertz CT molecular complexity index is 696. The number of fused-ring (bicyclic) bond motifs is 1. The molecule has 1 aromatic heterocycles. The Morgan fingerprint density at radius 1 is 1.47 bits per heavy atom. The second kappa shape index (κ2) is 5.27. The van der Waals surface area contributed by atoms with Crippen LogP contribution < -0.4 is 15.1 Å². The van der Waals surface area contributed by atoms with Crippen LogP contribution in [0.2, 0.25) is 5.02 Å². The normalized spacial score (nSPS) is 10.5. The van der Waals surface area contributed by atoms with Crippen molar-refractivity contribution >= 4 is 28.6 Å². The molecule has 0 aliphatic carbocycles. The molecule has 0 radical (unpaired) electrons. The minimum Gasteiger partial charge on any atom is -0.458 e. The van der Waals surface area contributed by atoms with Crippen LogP contribution in [0, 0.1) is 0 Å². The van der Waals surface area contributed by atoms with Gasteiger partial charge in [-0.25, -0.2) is 4.79 Å². The van der Waals surface area contributed by atoms with Gasteiger partial charge in [-0.1, -0.05) is 11.6 Å². The summed E-state index contributed by atoms with van der Waals surface area (Å²) in [5, 5.41) is 0.458. The molecule has 0 saturated heterocycles. The number of aromatic nitrogens is 2. The van der Waals surface area contributed by atoms with Crippen molar-refractivity contribution in [2.45, 2.75) is 6.92 Å². The molecule has 1 N–H and O–H groups in total. The molecule has 0 aliphatic heterocycles. The highest BCUT2D eigenvalue weighted by molar-refractivity contribution is 6.31. The van der Waals surface area contributed by atoms with Crippen molar-refractivity contribution in [3.05, 3.63) is 39.3 Å². The second-order valence-electron chi connectivity index (χ2n) is 3.66. The average Bonchev–Trinajstić information content (AvgIpc) is 2.38. The summed E-state index contributed by atoms with van der Waals surface area (Å²) < 4.78 is 5.95. The number of halogens is 1. The molecule has 0 atom stereocenters. The SMILES string of the molecule is CCOC(=O)c1c(=O)[nH]c2ccc(Cl)cc2[n+]1OC. The van der Waals surface area contributed by atoms with Crippen LogP contribution in [-0.2, 0) is 4.74 Å². The number of hydrogen-bond donors (Lipinski definition) is 1. The summed E-state index contributed by atoms with van der Waals surface area (Å²) >= 11 is 5.90. The summed E-state index contributed by atoms with van der Waals surface area (Å²) in [7, 11) is 1.35. The van der Waals surface area contributed by atoms with Crippen molar-refractivity contribution in [2.75, 3.05) is 13.7 Å². The zero-order valence-corrected chi connectivity index (χ0v) is 11.2. The molecular formula is C12H12ClN2O4+. The van der Waals surface area contributed by atoms with Gasteiger partial charge in [-0.05, 0) is 19.1 Å². The fourth-order valence-electron chi connectivity index (χ4n) is 1.74. The molecular weight excluding hydrogens is 272 g/mol. The van der Waals surface area contributed by atoms with Crippen molar-refractivity contribution in [1.82, 2.24) is 4.98 Å². The summed E-state index contributed by atoms with van der Waals surface area (Å²) in [6.45, 7) is 1.82. The molecule has 2 aromatic rings. The number of hydrogen-bond acceptors (Lipinski definition) is 4. The van der Waals surface area contributed by atoms with Crippen LogP contribution in [0.4, 0.5) is 0 Å². The molecule has 0 saturated carbocycles. The van der Waals surface area contributed by atoms with E-state index in [1.165, 1.54) is 7.11 Å². The number of carbonyl (C=O) groups is 1. The van der Waals surface area contributed by atoms with Gasteiger partial charge in [-0.3, -0.25) is 9.63 Å². The van der Waals surface area contributed by atoms with E-state index in [0.717, 1.165) is 4.73 Å². The van der Waals surface area contributed by atoms with Crippen LogP contribution in [0.25, 0.3) is 11.0 Å². The van der Waals surface area contributed by atoms with Crippen LogP contribution in [0.1, 0.15) is 17.4 Å². The molecule has 0 aliphatic rings. The molecule has 0 bridgehead atoms. The molecule has 0 fully saturated rings. The number of esters is 1. The van der Waals surface area contributed by atoms with Crippen LogP contribution in [0.5, 0.6) is 0 Å². The molecule has 1 aromatic carbocycles. The summed E-state index contributed by atoms with van der Waals surface area (Å²) in [4.78, 5) is 31.4. The van der Waals surface area contributed by atoms with Crippen molar-refractivity contribution in [3.63, 3.8) is 0 Å². The number of aromatic amines is 1. The highest BCUT2D eigenvalue weighted by Gasteiger charge is 2.31. The first-order valence-corrected chi connectivity index (χ1v) is 5.95. The topological polar surface area (TPSA) is 72.3 Å². The monoisotopic (exact) mass is 283 g/mol. The quantitative estimate of drug-likeness (QED) is 0.665. The summed E-state index contributed by atoms with van der Waals surface area (Å²) in [5.41, 5.74) is 0.149. The molecule has 6 nitrogen and oxygen atoms in total. The number of carbonyl (C=O) groups excluding carboxylic acids is 1. The maximum atomic E-state index is 11.9. The van der Waals surface area contributed by atoms with Crippen molar-refractivity contribution < 1.29 is 19.1 Å². The zero-order valence-electron chi connectivity index (χ0n) is 10.4. The maximum Gasteiger partial charge on any atom is 0.414 e. The predicted octanol–water partition coefficient (Wildman–Crippen LogP) is 0.704. The van der Waals surface area contributed by atoms with Crippen molar-refractivity contribution in [3.8, 4) is 0 Å². The number of H-pyrrole nitrogens is 1. The lowest BCUT2D eigenvalue weighted by atomic mass is 10.3. The Morgan fingerprint density at radius 3 is 2.84 bits per heavy atom. The van der Waals surface area contributed by atoms with Gasteiger partial charge in [0.1, 0.15) is 12.6 Å². The van der Waals surface area contributed by atoms with Crippen LogP contribution in [-0.4, -0.2) is 24.7 Å². The average molecular weight is 284 g/mol. The fourth-order valence-corrected chi connectivity index (χ4v) is 1.90. The van der Waals surface area contributed by atoms with Crippen molar-refractivity contribution in [2.24, 2.45) is 0 Å². The third-order valence-electron chi connectivity index (χ3n) is 2.50. The fraction of sp³-hybridized carbons (Fsp3) is 0.250. The van der Waals surface area contributed by atoms with E-state index in [9.17, 15) is 9.59 Å². The van der Waals surface area contributed by atoms with E-state index in [1.54, 1.807) is 25.1 Å².